The van der Waals surface area contributed by atoms with Gasteiger partial charge in [0.05, 0.1) is 26.9 Å². The third-order valence-corrected chi connectivity index (χ3v) is 6.36. The maximum absolute atomic E-state index is 11.3. The number of sulfonamides is 1. The summed E-state index contributed by atoms with van der Waals surface area (Å²) in [6.45, 7) is 3.93. The molecule has 3 rings (SSSR count). The van der Waals surface area contributed by atoms with Gasteiger partial charge in [-0.1, -0.05) is 12.1 Å². The fourth-order valence-electron chi connectivity index (χ4n) is 2.20. The average molecular weight is 366 g/mol. The lowest BCUT2D eigenvalue weighted by atomic mass is 10.2. The molecule has 0 aliphatic carbocycles. The van der Waals surface area contributed by atoms with E-state index in [1.165, 1.54) is 12.1 Å². The maximum atomic E-state index is 11.3. The summed E-state index contributed by atoms with van der Waals surface area (Å²) in [5.41, 5.74) is 2.90. The minimum Gasteiger partial charge on any atom is -0.246 e. The minimum absolute atomic E-state index is 0.113. The second kappa shape index (κ2) is 6.12. The molecule has 1 aromatic carbocycles. The lowest BCUT2D eigenvalue weighted by molar-refractivity contribution is 0.598. The van der Waals surface area contributed by atoms with Crippen LogP contribution in [0.25, 0.3) is 10.4 Å². The molecule has 0 saturated heterocycles. The van der Waals surface area contributed by atoms with Crippen molar-refractivity contribution in [2.75, 3.05) is 0 Å². The molecule has 0 aliphatic rings. The number of thiazole rings is 2. The third-order valence-electron chi connectivity index (χ3n) is 3.25. The molecule has 0 atom stereocenters. The van der Waals surface area contributed by atoms with Gasteiger partial charge in [-0.25, -0.2) is 23.5 Å². The number of nitrogens with two attached hydrogens (primary N) is 1. The lowest BCUT2D eigenvalue weighted by Crippen LogP contribution is -2.11. The summed E-state index contributed by atoms with van der Waals surface area (Å²) in [5, 5.41) is 9.21. The summed E-state index contributed by atoms with van der Waals surface area (Å²) < 4.78 is 22.6. The van der Waals surface area contributed by atoms with Gasteiger partial charge in [0.1, 0.15) is 5.01 Å². The summed E-state index contributed by atoms with van der Waals surface area (Å²) >= 11 is 3.24. The highest BCUT2D eigenvalue weighted by Crippen LogP contribution is 2.31. The highest BCUT2D eigenvalue weighted by molar-refractivity contribution is 7.89. The van der Waals surface area contributed by atoms with Crippen LogP contribution in [0, 0.1) is 13.8 Å². The molecule has 2 aromatic heterocycles. The first kappa shape index (κ1) is 16.3. The van der Waals surface area contributed by atoms with E-state index >= 15 is 0 Å². The summed E-state index contributed by atoms with van der Waals surface area (Å²) in [6.07, 6.45) is 0.722. The van der Waals surface area contributed by atoms with Crippen LogP contribution in [0.4, 0.5) is 0 Å². The van der Waals surface area contributed by atoms with Crippen LogP contribution in [0.15, 0.2) is 34.5 Å². The number of aromatic nitrogens is 2. The number of aryl methyl sites for hydroxylation is 2. The predicted molar refractivity (Wildman–Crippen MR) is 93.3 cm³/mol. The van der Waals surface area contributed by atoms with E-state index in [1.54, 1.807) is 34.8 Å². The molecule has 0 unspecified atom stereocenters. The van der Waals surface area contributed by atoms with Crippen molar-refractivity contribution in [2.24, 2.45) is 5.14 Å². The van der Waals surface area contributed by atoms with Gasteiger partial charge >= 0.3 is 0 Å². The van der Waals surface area contributed by atoms with Gasteiger partial charge in [-0.2, -0.15) is 0 Å². The number of hydrogen-bond acceptors (Lipinski definition) is 6. The van der Waals surface area contributed by atoms with Crippen molar-refractivity contribution in [1.29, 1.82) is 0 Å². The molecule has 0 amide bonds. The first-order valence-corrected chi connectivity index (χ1v) is 10.1. The van der Waals surface area contributed by atoms with E-state index < -0.39 is 10.0 Å². The Hall–Kier alpha value is -1.61. The van der Waals surface area contributed by atoms with Crippen LogP contribution < -0.4 is 5.14 Å². The molecular formula is C15H15N3O2S3. The Morgan fingerprint density at radius 3 is 2.35 bits per heavy atom. The van der Waals surface area contributed by atoms with Gasteiger partial charge in [-0.15, -0.1) is 22.7 Å². The second-order valence-electron chi connectivity index (χ2n) is 5.15. The van der Waals surface area contributed by atoms with Gasteiger partial charge in [-0.3, -0.25) is 0 Å². The van der Waals surface area contributed by atoms with Crippen LogP contribution in [-0.2, 0) is 16.4 Å². The van der Waals surface area contributed by atoms with Crippen molar-refractivity contribution in [3.63, 3.8) is 0 Å². The molecule has 0 radical (unpaired) electrons. The zero-order valence-electron chi connectivity index (χ0n) is 12.6. The Morgan fingerprint density at radius 2 is 1.78 bits per heavy atom. The van der Waals surface area contributed by atoms with Crippen molar-refractivity contribution < 1.29 is 8.42 Å². The summed E-state index contributed by atoms with van der Waals surface area (Å²) in [4.78, 5) is 10.2. The highest BCUT2D eigenvalue weighted by atomic mass is 32.2. The van der Waals surface area contributed by atoms with E-state index in [0.29, 0.717) is 0 Å². The van der Waals surface area contributed by atoms with Gasteiger partial charge in [0.2, 0.25) is 10.0 Å². The van der Waals surface area contributed by atoms with E-state index in [4.69, 9.17) is 5.14 Å². The minimum atomic E-state index is -3.66. The number of nitrogens with zero attached hydrogens (tertiary/aromatic N) is 2. The zero-order chi connectivity index (χ0) is 16.6. The van der Waals surface area contributed by atoms with Gasteiger partial charge < -0.3 is 0 Å². The van der Waals surface area contributed by atoms with E-state index in [2.05, 4.69) is 9.97 Å². The Bertz CT molecular complexity index is 941. The smallest absolute Gasteiger partial charge is 0.238 e. The van der Waals surface area contributed by atoms with Crippen LogP contribution in [0.1, 0.15) is 21.4 Å². The van der Waals surface area contributed by atoms with Crippen molar-refractivity contribution in [3.8, 4) is 10.4 Å². The second-order valence-corrected chi connectivity index (χ2v) is 8.74. The van der Waals surface area contributed by atoms with E-state index in [1.807, 2.05) is 19.2 Å². The molecule has 2 N–H and O–H groups in total. The molecule has 3 aromatic rings. The van der Waals surface area contributed by atoms with Gasteiger partial charge in [0.25, 0.3) is 0 Å². The molecule has 0 bridgehead atoms. The Morgan fingerprint density at radius 1 is 1.09 bits per heavy atom. The molecule has 0 fully saturated rings. The van der Waals surface area contributed by atoms with Gasteiger partial charge in [0.15, 0.2) is 0 Å². The molecule has 0 spiro atoms. The number of benzene rings is 1. The monoisotopic (exact) mass is 365 g/mol. The predicted octanol–water partition coefficient (Wildman–Crippen LogP) is 3.12. The number of hydrogen-bond donors (Lipinski definition) is 1. The summed E-state index contributed by atoms with van der Waals surface area (Å²) in [5.74, 6) is 0. The molecule has 0 aliphatic heterocycles. The van der Waals surface area contributed by atoms with Crippen LogP contribution in [0.5, 0.6) is 0 Å². The number of rotatable bonds is 4. The summed E-state index contributed by atoms with van der Waals surface area (Å²) in [7, 11) is -3.66. The average Bonchev–Trinajstić information content (AvgIpc) is 3.04. The topological polar surface area (TPSA) is 85.9 Å². The molecule has 0 saturated carbocycles. The highest BCUT2D eigenvalue weighted by Gasteiger charge is 2.13. The largest absolute Gasteiger partial charge is 0.246 e. The van der Waals surface area contributed by atoms with Crippen molar-refractivity contribution >= 4 is 32.7 Å². The first-order chi connectivity index (χ1) is 10.8. The van der Waals surface area contributed by atoms with Crippen LogP contribution >= 0.6 is 22.7 Å². The van der Waals surface area contributed by atoms with Gasteiger partial charge in [-0.05, 0) is 31.5 Å². The van der Waals surface area contributed by atoms with Crippen molar-refractivity contribution in [1.82, 2.24) is 9.97 Å². The molecule has 120 valence electrons. The normalized spacial score (nSPS) is 11.8. The molecule has 8 heteroatoms. The first-order valence-electron chi connectivity index (χ1n) is 6.83. The SMILES string of the molecule is Cc1csc(Cc2nc(C)c(-c3ccc(S(N)(=O)=O)cc3)s2)n1. The van der Waals surface area contributed by atoms with Crippen LogP contribution in [-0.4, -0.2) is 18.4 Å². The Balaban J connectivity index is 1.88. The quantitative estimate of drug-likeness (QED) is 0.769. The zero-order valence-corrected chi connectivity index (χ0v) is 15.1. The Labute approximate surface area is 142 Å². The molecule has 23 heavy (non-hydrogen) atoms. The van der Waals surface area contributed by atoms with Crippen LogP contribution in [0.2, 0.25) is 0 Å². The van der Waals surface area contributed by atoms with E-state index in [0.717, 1.165) is 38.3 Å². The van der Waals surface area contributed by atoms with E-state index in [-0.39, 0.29) is 4.90 Å². The number of primary sulfonamides is 1. The van der Waals surface area contributed by atoms with Crippen molar-refractivity contribution in [3.05, 3.63) is 51.0 Å². The maximum Gasteiger partial charge on any atom is 0.238 e. The van der Waals surface area contributed by atoms with E-state index in [9.17, 15) is 8.42 Å². The Kier molecular flexibility index (Phi) is 4.33. The van der Waals surface area contributed by atoms with Crippen molar-refractivity contribution in [2.45, 2.75) is 25.2 Å². The molecular weight excluding hydrogens is 350 g/mol. The molecule has 2 heterocycles. The molecule has 5 nitrogen and oxygen atoms in total. The summed E-state index contributed by atoms with van der Waals surface area (Å²) in [6, 6.07) is 6.57. The standard InChI is InChI=1S/C15H15N3O2S3/c1-9-8-21-13(17-9)7-14-18-10(2)15(22-14)11-3-5-12(6-4-11)23(16,19)20/h3-6,8H,7H2,1-2H3,(H2,16,19,20). The van der Waals surface area contributed by atoms with Gasteiger partial charge in [0, 0.05) is 11.1 Å². The third kappa shape index (κ3) is 3.66. The lowest BCUT2D eigenvalue weighted by Gasteiger charge is -2.01. The van der Waals surface area contributed by atoms with Crippen LogP contribution in [0.3, 0.4) is 0 Å². The fourth-order valence-corrected chi connectivity index (χ4v) is 4.66. The fraction of sp³-hybridized carbons (Fsp3) is 0.200.